The molecule has 0 heterocycles. The molecule has 0 bridgehead atoms. The van der Waals surface area contributed by atoms with Crippen molar-refractivity contribution in [2.24, 2.45) is 0 Å². The van der Waals surface area contributed by atoms with Gasteiger partial charge in [0.2, 0.25) is 0 Å². The molecule has 3 aromatic carbocycles. The van der Waals surface area contributed by atoms with Crippen molar-refractivity contribution in [3.8, 4) is 11.1 Å². The molecule has 2 unspecified atom stereocenters. The zero-order valence-corrected chi connectivity index (χ0v) is 14.4. The minimum Gasteiger partial charge on any atom is -0.102 e. The molecule has 114 valence electrons. The van der Waals surface area contributed by atoms with E-state index in [1.54, 1.807) is 0 Å². The van der Waals surface area contributed by atoms with Gasteiger partial charge in [0.1, 0.15) is 0 Å². The number of hydrogen-bond donors (Lipinski definition) is 0. The van der Waals surface area contributed by atoms with E-state index in [1.807, 2.05) is 0 Å². The van der Waals surface area contributed by atoms with Crippen LogP contribution in [0.4, 0.5) is 0 Å². The van der Waals surface area contributed by atoms with Crippen LogP contribution < -0.4 is 0 Å². The zero-order valence-electron chi connectivity index (χ0n) is 13.4. The fraction of sp³-hybridized carbons (Fsp3) is 0.182. The summed E-state index contributed by atoms with van der Waals surface area (Å²) in [6.45, 7) is 2.32. The molecule has 0 aromatic heterocycles. The molecule has 0 spiro atoms. The molecular weight excluding hydrogens is 295 g/mol. The Morgan fingerprint density at radius 1 is 0.739 bits per heavy atom. The molecule has 0 fully saturated rings. The Labute approximate surface area is 140 Å². The summed E-state index contributed by atoms with van der Waals surface area (Å²) >= 11 is 0. The second kappa shape index (κ2) is 6.30. The van der Waals surface area contributed by atoms with Gasteiger partial charge < -0.3 is 0 Å². The number of benzene rings is 3. The highest BCUT2D eigenvalue weighted by Crippen LogP contribution is 2.58. The second-order valence-corrected chi connectivity index (χ2v) is 7.75. The summed E-state index contributed by atoms with van der Waals surface area (Å²) in [7, 11) is 0.888. The van der Waals surface area contributed by atoms with Gasteiger partial charge in [-0.25, -0.2) is 0 Å². The van der Waals surface area contributed by atoms with Gasteiger partial charge in [-0.3, -0.25) is 0 Å². The maximum absolute atomic E-state index is 2.32. The van der Waals surface area contributed by atoms with Crippen molar-refractivity contribution in [3.05, 3.63) is 95.6 Å². The van der Waals surface area contributed by atoms with E-state index in [2.05, 4.69) is 85.8 Å². The molecular formula is C22H21P. The molecule has 2 atom stereocenters. The zero-order chi connectivity index (χ0) is 15.6. The predicted molar refractivity (Wildman–Crippen MR) is 102 cm³/mol. The summed E-state index contributed by atoms with van der Waals surface area (Å²) < 4.78 is 0. The number of rotatable bonds is 4. The molecule has 0 saturated carbocycles. The van der Waals surface area contributed by atoms with Gasteiger partial charge in [0.25, 0.3) is 0 Å². The van der Waals surface area contributed by atoms with Crippen LogP contribution in [0.1, 0.15) is 41.4 Å². The fourth-order valence-electron chi connectivity index (χ4n) is 3.67. The van der Waals surface area contributed by atoms with Crippen molar-refractivity contribution in [2.45, 2.75) is 24.7 Å². The minimum atomic E-state index is 0.549. The summed E-state index contributed by atoms with van der Waals surface area (Å²) in [5.74, 6) is 0. The van der Waals surface area contributed by atoms with Gasteiger partial charge in [0.15, 0.2) is 0 Å². The fourth-order valence-corrected chi connectivity index (χ4v) is 5.56. The first-order valence-electron chi connectivity index (χ1n) is 8.37. The Morgan fingerprint density at radius 2 is 1.26 bits per heavy atom. The molecule has 0 radical (unpaired) electrons. The quantitative estimate of drug-likeness (QED) is 0.476. The van der Waals surface area contributed by atoms with E-state index in [4.69, 9.17) is 0 Å². The van der Waals surface area contributed by atoms with Crippen LogP contribution in [0.15, 0.2) is 78.9 Å². The molecule has 1 aliphatic rings. The van der Waals surface area contributed by atoms with Crippen molar-refractivity contribution in [3.63, 3.8) is 0 Å². The third-order valence-electron chi connectivity index (χ3n) is 4.81. The molecule has 1 aliphatic carbocycles. The Balaban J connectivity index is 1.74. The Morgan fingerprint density at radius 3 is 1.83 bits per heavy atom. The van der Waals surface area contributed by atoms with E-state index in [-0.39, 0.29) is 0 Å². The molecule has 0 aliphatic heterocycles. The first-order chi connectivity index (χ1) is 11.4. The van der Waals surface area contributed by atoms with Gasteiger partial charge in [0.05, 0.1) is 0 Å². The van der Waals surface area contributed by atoms with Crippen LogP contribution in [0.5, 0.6) is 0 Å². The maximum atomic E-state index is 2.32. The Kier molecular flexibility index (Phi) is 4.02. The van der Waals surface area contributed by atoms with Crippen LogP contribution in [0.25, 0.3) is 11.1 Å². The van der Waals surface area contributed by atoms with E-state index < -0.39 is 0 Å². The molecule has 4 rings (SSSR count). The monoisotopic (exact) mass is 316 g/mol. The molecule has 0 amide bonds. The van der Waals surface area contributed by atoms with Gasteiger partial charge in [-0.2, -0.15) is 0 Å². The number of fused-ring (bicyclic) bond motifs is 3. The van der Waals surface area contributed by atoms with Gasteiger partial charge in [-0.15, -0.1) is 8.58 Å². The summed E-state index contributed by atoms with van der Waals surface area (Å²) in [6.07, 6.45) is 1.20. The highest BCUT2D eigenvalue weighted by atomic mass is 31.1. The van der Waals surface area contributed by atoms with Crippen molar-refractivity contribution in [2.75, 3.05) is 0 Å². The molecule has 3 aromatic rings. The third-order valence-corrected chi connectivity index (χ3v) is 6.91. The van der Waals surface area contributed by atoms with Crippen molar-refractivity contribution in [1.29, 1.82) is 0 Å². The first-order valence-corrected chi connectivity index (χ1v) is 9.53. The second-order valence-electron chi connectivity index (χ2n) is 6.15. The lowest BCUT2D eigenvalue weighted by atomic mass is 10.1. The van der Waals surface area contributed by atoms with E-state index in [1.165, 1.54) is 34.2 Å². The van der Waals surface area contributed by atoms with Gasteiger partial charge in [0, 0.05) is 11.3 Å². The van der Waals surface area contributed by atoms with Crippen LogP contribution in [-0.2, 0) is 0 Å². The Bertz CT molecular complexity index is 761. The van der Waals surface area contributed by atoms with E-state index in [9.17, 15) is 0 Å². The highest BCUT2D eigenvalue weighted by molar-refractivity contribution is 7.39. The first kappa shape index (κ1) is 14.7. The maximum Gasteiger partial charge on any atom is 0.0280 e. The lowest BCUT2D eigenvalue weighted by Crippen LogP contribution is -1.96. The van der Waals surface area contributed by atoms with Crippen LogP contribution in [0.2, 0.25) is 0 Å². The van der Waals surface area contributed by atoms with E-state index in [0.717, 1.165) is 8.58 Å². The van der Waals surface area contributed by atoms with Crippen LogP contribution in [0.3, 0.4) is 0 Å². The van der Waals surface area contributed by atoms with Crippen LogP contribution >= 0.6 is 8.58 Å². The van der Waals surface area contributed by atoms with Gasteiger partial charge in [-0.05, 0) is 34.2 Å². The topological polar surface area (TPSA) is 0 Å². The molecule has 0 saturated heterocycles. The van der Waals surface area contributed by atoms with E-state index in [0.29, 0.717) is 11.3 Å². The van der Waals surface area contributed by atoms with Crippen LogP contribution in [-0.4, -0.2) is 0 Å². The number of hydrogen-bond acceptors (Lipinski definition) is 0. The lowest BCUT2D eigenvalue weighted by Gasteiger charge is -2.22. The molecule has 1 heteroatoms. The average molecular weight is 316 g/mol. The summed E-state index contributed by atoms with van der Waals surface area (Å²) in [5.41, 5.74) is 8.57. The van der Waals surface area contributed by atoms with Gasteiger partial charge >= 0.3 is 0 Å². The average Bonchev–Trinajstić information content (AvgIpc) is 2.94. The normalized spacial score (nSPS) is 14.8. The Hall–Kier alpha value is -1.91. The summed E-state index contributed by atoms with van der Waals surface area (Å²) in [4.78, 5) is 0. The molecule has 0 N–H and O–H groups in total. The van der Waals surface area contributed by atoms with Crippen molar-refractivity contribution >= 4 is 8.58 Å². The van der Waals surface area contributed by atoms with E-state index >= 15 is 0 Å². The molecule has 0 nitrogen and oxygen atoms in total. The van der Waals surface area contributed by atoms with Crippen LogP contribution in [0, 0.1) is 0 Å². The summed E-state index contributed by atoms with van der Waals surface area (Å²) in [5, 5.41) is 0. The van der Waals surface area contributed by atoms with Gasteiger partial charge in [-0.1, -0.05) is 85.8 Å². The standard InChI is InChI=1S/C22H21P/c1-2-21(16-10-4-3-5-11-16)23-22-19-14-8-6-12-17(19)18-13-7-9-15-20(18)22/h3-15,21-23H,2H2,1H3. The molecule has 23 heavy (non-hydrogen) atoms. The minimum absolute atomic E-state index is 0.549. The van der Waals surface area contributed by atoms with Crippen molar-refractivity contribution < 1.29 is 0 Å². The predicted octanol–water partition coefficient (Wildman–Crippen LogP) is 6.59. The SMILES string of the molecule is CCC(PC1c2ccccc2-c2ccccc21)c1ccccc1. The third kappa shape index (κ3) is 2.62. The largest absolute Gasteiger partial charge is 0.102 e. The lowest BCUT2D eigenvalue weighted by molar-refractivity contribution is 0.880. The highest BCUT2D eigenvalue weighted by Gasteiger charge is 2.29. The summed E-state index contributed by atoms with van der Waals surface area (Å²) in [6, 6.07) is 28.9. The van der Waals surface area contributed by atoms with Crippen molar-refractivity contribution in [1.82, 2.24) is 0 Å². The smallest absolute Gasteiger partial charge is 0.0280 e.